The fourth-order valence-electron chi connectivity index (χ4n) is 1.99. The van der Waals surface area contributed by atoms with E-state index in [2.05, 4.69) is 10.6 Å². The smallest absolute Gasteiger partial charge is 0.255 e. The molecule has 0 bridgehead atoms. The minimum absolute atomic E-state index is 0.0664. The van der Waals surface area contributed by atoms with Crippen molar-refractivity contribution in [3.63, 3.8) is 0 Å². The maximum Gasteiger partial charge on any atom is 0.255 e. The maximum atomic E-state index is 12.2. The van der Waals surface area contributed by atoms with Gasteiger partial charge in [0, 0.05) is 27.9 Å². The summed E-state index contributed by atoms with van der Waals surface area (Å²) in [5, 5.41) is 6.19. The maximum absolute atomic E-state index is 12.2. The Balaban J connectivity index is 2.08. The first-order chi connectivity index (χ1) is 10.9. The van der Waals surface area contributed by atoms with Crippen LogP contribution in [0.2, 0.25) is 5.02 Å². The number of aryl methyl sites for hydroxylation is 1. The van der Waals surface area contributed by atoms with Gasteiger partial charge in [0.25, 0.3) is 11.8 Å². The van der Waals surface area contributed by atoms with Crippen LogP contribution in [0.25, 0.3) is 0 Å². The number of carbonyl (C=O) groups excluding carboxylic acids is 2. The Labute approximate surface area is 140 Å². The van der Waals surface area contributed by atoms with Gasteiger partial charge in [0.15, 0.2) is 0 Å². The second kappa shape index (κ2) is 7.29. The molecule has 2 N–H and O–H groups in total. The first-order valence-electron chi connectivity index (χ1n) is 7.35. The monoisotopic (exact) mass is 330 g/mol. The van der Waals surface area contributed by atoms with Crippen LogP contribution in [0.5, 0.6) is 0 Å². The Morgan fingerprint density at radius 3 is 2.04 bits per heavy atom. The van der Waals surface area contributed by atoms with Gasteiger partial charge in [0.05, 0.1) is 0 Å². The summed E-state index contributed by atoms with van der Waals surface area (Å²) in [6.07, 6.45) is 0. The van der Waals surface area contributed by atoms with Gasteiger partial charge in [-0.2, -0.15) is 0 Å². The molecule has 0 saturated carbocycles. The molecule has 2 amide bonds. The van der Waals surface area contributed by atoms with Crippen LogP contribution in [0.15, 0.2) is 42.5 Å². The minimum atomic E-state index is -0.249. The molecular weight excluding hydrogens is 312 g/mol. The third-order valence-corrected chi connectivity index (χ3v) is 3.67. The van der Waals surface area contributed by atoms with E-state index in [1.165, 1.54) is 0 Å². The summed E-state index contributed by atoms with van der Waals surface area (Å²) < 4.78 is 0. The summed E-state index contributed by atoms with van der Waals surface area (Å²) in [6, 6.07) is 11.9. The van der Waals surface area contributed by atoms with E-state index in [-0.39, 0.29) is 17.9 Å². The molecule has 0 fully saturated rings. The average Bonchev–Trinajstić information content (AvgIpc) is 2.50. The van der Waals surface area contributed by atoms with Crippen LogP contribution in [-0.2, 0) is 0 Å². The number of halogens is 1. The molecule has 2 aromatic carbocycles. The number of nitrogens with one attached hydrogen (secondary N) is 2. The van der Waals surface area contributed by atoms with Crippen molar-refractivity contribution in [1.29, 1.82) is 0 Å². The quantitative estimate of drug-likeness (QED) is 0.888. The van der Waals surface area contributed by atoms with Crippen LogP contribution in [0.4, 0.5) is 5.69 Å². The average molecular weight is 331 g/mol. The van der Waals surface area contributed by atoms with Crippen molar-refractivity contribution in [3.05, 3.63) is 64.2 Å². The fourth-order valence-corrected chi connectivity index (χ4v) is 2.17. The Morgan fingerprint density at radius 1 is 0.957 bits per heavy atom. The Kier molecular flexibility index (Phi) is 5.40. The zero-order valence-electron chi connectivity index (χ0n) is 13.3. The topological polar surface area (TPSA) is 58.2 Å². The zero-order chi connectivity index (χ0) is 17.0. The number of carbonyl (C=O) groups is 2. The normalized spacial score (nSPS) is 10.5. The molecule has 0 spiro atoms. The highest BCUT2D eigenvalue weighted by molar-refractivity contribution is 6.31. The molecule has 0 unspecified atom stereocenters. The molecule has 4 nitrogen and oxygen atoms in total. The van der Waals surface area contributed by atoms with Gasteiger partial charge in [-0.1, -0.05) is 17.7 Å². The molecule has 0 aliphatic heterocycles. The van der Waals surface area contributed by atoms with Crippen LogP contribution >= 0.6 is 11.6 Å². The van der Waals surface area contributed by atoms with Crippen molar-refractivity contribution in [3.8, 4) is 0 Å². The molecule has 0 aliphatic carbocycles. The lowest BCUT2D eigenvalue weighted by atomic mass is 10.1. The highest BCUT2D eigenvalue weighted by atomic mass is 35.5. The van der Waals surface area contributed by atoms with Gasteiger partial charge < -0.3 is 10.6 Å². The lowest BCUT2D eigenvalue weighted by Crippen LogP contribution is -2.30. The number of hydrogen-bond donors (Lipinski definition) is 2. The fraction of sp³-hybridized carbons (Fsp3) is 0.222. The van der Waals surface area contributed by atoms with Crippen molar-refractivity contribution in [1.82, 2.24) is 5.32 Å². The SMILES string of the molecule is Cc1ccc(NC(=O)c2ccc(C(=O)NC(C)C)cc2)cc1Cl. The van der Waals surface area contributed by atoms with Gasteiger partial charge in [0.1, 0.15) is 0 Å². The van der Waals surface area contributed by atoms with E-state index in [0.717, 1.165) is 5.56 Å². The molecule has 0 radical (unpaired) electrons. The molecule has 0 aliphatic rings. The van der Waals surface area contributed by atoms with Gasteiger partial charge in [-0.15, -0.1) is 0 Å². The second-order valence-corrected chi connectivity index (χ2v) is 6.03. The van der Waals surface area contributed by atoms with Crippen LogP contribution in [0, 0.1) is 6.92 Å². The summed E-state index contributed by atoms with van der Waals surface area (Å²) in [5.41, 5.74) is 2.58. The Hall–Kier alpha value is -2.33. The van der Waals surface area contributed by atoms with E-state index in [9.17, 15) is 9.59 Å². The zero-order valence-corrected chi connectivity index (χ0v) is 14.1. The van der Waals surface area contributed by atoms with Gasteiger partial charge in [-0.05, 0) is 62.7 Å². The number of benzene rings is 2. The summed E-state index contributed by atoms with van der Waals surface area (Å²) in [7, 11) is 0. The summed E-state index contributed by atoms with van der Waals surface area (Å²) in [4.78, 5) is 24.1. The summed E-state index contributed by atoms with van der Waals surface area (Å²) >= 11 is 6.04. The molecule has 23 heavy (non-hydrogen) atoms. The molecule has 0 heterocycles. The predicted octanol–water partition coefficient (Wildman–Crippen LogP) is 4.04. The van der Waals surface area contributed by atoms with Crippen LogP contribution in [-0.4, -0.2) is 17.9 Å². The van der Waals surface area contributed by atoms with Crippen molar-refractivity contribution >= 4 is 29.1 Å². The first-order valence-corrected chi connectivity index (χ1v) is 7.73. The first kappa shape index (κ1) is 17.0. The third-order valence-electron chi connectivity index (χ3n) is 3.26. The van der Waals surface area contributed by atoms with Gasteiger partial charge in [-0.3, -0.25) is 9.59 Å². The minimum Gasteiger partial charge on any atom is -0.350 e. The lowest BCUT2D eigenvalue weighted by molar-refractivity contribution is 0.0941. The third kappa shape index (κ3) is 4.57. The van der Waals surface area contributed by atoms with Gasteiger partial charge in [-0.25, -0.2) is 0 Å². The second-order valence-electron chi connectivity index (χ2n) is 5.62. The van der Waals surface area contributed by atoms with Crippen LogP contribution < -0.4 is 10.6 Å². The molecule has 0 aromatic heterocycles. The molecule has 0 atom stereocenters. The molecule has 5 heteroatoms. The van der Waals surface area contributed by atoms with Crippen LogP contribution in [0.1, 0.15) is 40.1 Å². The van der Waals surface area contributed by atoms with Crippen molar-refractivity contribution in [2.75, 3.05) is 5.32 Å². The van der Waals surface area contributed by atoms with Crippen molar-refractivity contribution < 1.29 is 9.59 Å². The summed E-state index contributed by atoms with van der Waals surface area (Å²) in [6.45, 7) is 5.69. The Bertz CT molecular complexity index is 724. The van der Waals surface area contributed by atoms with E-state index in [4.69, 9.17) is 11.6 Å². The molecule has 120 valence electrons. The summed E-state index contributed by atoms with van der Waals surface area (Å²) in [5.74, 6) is -0.405. The number of anilines is 1. The van der Waals surface area contributed by atoms with Crippen molar-refractivity contribution in [2.24, 2.45) is 0 Å². The van der Waals surface area contributed by atoms with Gasteiger partial charge in [0.2, 0.25) is 0 Å². The molecule has 2 rings (SSSR count). The highest BCUT2D eigenvalue weighted by Crippen LogP contribution is 2.20. The van der Waals surface area contributed by atoms with Crippen LogP contribution in [0.3, 0.4) is 0 Å². The molecule has 0 saturated heterocycles. The van der Waals surface area contributed by atoms with E-state index >= 15 is 0 Å². The van der Waals surface area contributed by atoms with E-state index in [1.807, 2.05) is 26.8 Å². The van der Waals surface area contributed by atoms with E-state index in [1.54, 1.807) is 36.4 Å². The van der Waals surface area contributed by atoms with E-state index in [0.29, 0.717) is 21.8 Å². The largest absolute Gasteiger partial charge is 0.350 e. The lowest BCUT2D eigenvalue weighted by Gasteiger charge is -2.09. The van der Waals surface area contributed by atoms with Gasteiger partial charge >= 0.3 is 0 Å². The number of hydrogen-bond acceptors (Lipinski definition) is 2. The standard InChI is InChI=1S/C18H19ClN2O2/c1-11(2)20-17(22)13-5-7-14(8-6-13)18(23)21-15-9-4-12(3)16(19)10-15/h4-11H,1-3H3,(H,20,22)(H,21,23). The van der Waals surface area contributed by atoms with Crippen molar-refractivity contribution in [2.45, 2.75) is 26.8 Å². The highest BCUT2D eigenvalue weighted by Gasteiger charge is 2.10. The number of amides is 2. The molecule has 2 aromatic rings. The number of rotatable bonds is 4. The molecular formula is C18H19ClN2O2. The predicted molar refractivity (Wildman–Crippen MR) is 93.2 cm³/mol. The Morgan fingerprint density at radius 2 is 1.52 bits per heavy atom. The van der Waals surface area contributed by atoms with E-state index < -0.39 is 0 Å².